The Hall–Kier alpha value is -2.49. The van der Waals surface area contributed by atoms with Crippen LogP contribution in [0.5, 0.6) is 5.75 Å². The van der Waals surface area contributed by atoms with Gasteiger partial charge in [0, 0.05) is 5.69 Å². The molecule has 2 rings (SSSR count). The van der Waals surface area contributed by atoms with Crippen LogP contribution >= 0.6 is 0 Å². The van der Waals surface area contributed by atoms with Crippen LogP contribution < -0.4 is 15.4 Å². The van der Waals surface area contributed by atoms with Gasteiger partial charge in [-0.3, -0.25) is 4.79 Å². The summed E-state index contributed by atoms with van der Waals surface area (Å²) >= 11 is 0. The smallest absolute Gasteiger partial charge is 0.239 e. The summed E-state index contributed by atoms with van der Waals surface area (Å²) in [7, 11) is 0. The standard InChI is InChI=1S/C18H22N2O2/c1-14-7-6-8-15(2)18(14)20-13-17(21)19-11-12-22-16-9-4-3-5-10-16/h3-10,20H,11-13H2,1-2H3,(H,19,21). The van der Waals surface area contributed by atoms with Crippen molar-refractivity contribution in [3.8, 4) is 5.75 Å². The van der Waals surface area contributed by atoms with Gasteiger partial charge in [-0.2, -0.15) is 0 Å². The molecular formula is C18H22N2O2. The van der Waals surface area contributed by atoms with Crippen molar-refractivity contribution in [2.45, 2.75) is 13.8 Å². The summed E-state index contributed by atoms with van der Waals surface area (Å²) < 4.78 is 5.52. The Morgan fingerprint density at radius 3 is 2.36 bits per heavy atom. The minimum absolute atomic E-state index is 0.0423. The molecule has 2 N–H and O–H groups in total. The Balaban J connectivity index is 1.68. The van der Waals surface area contributed by atoms with Crippen molar-refractivity contribution in [3.63, 3.8) is 0 Å². The van der Waals surface area contributed by atoms with E-state index in [1.807, 2.05) is 62.4 Å². The van der Waals surface area contributed by atoms with Crippen molar-refractivity contribution in [2.24, 2.45) is 0 Å². The third-order valence-corrected chi connectivity index (χ3v) is 3.34. The van der Waals surface area contributed by atoms with Crippen LogP contribution in [0.15, 0.2) is 48.5 Å². The first-order chi connectivity index (χ1) is 10.7. The number of hydrogen-bond donors (Lipinski definition) is 2. The fourth-order valence-corrected chi connectivity index (χ4v) is 2.20. The lowest BCUT2D eigenvalue weighted by atomic mass is 10.1. The zero-order valence-electron chi connectivity index (χ0n) is 13.1. The Kier molecular flexibility index (Phi) is 5.83. The number of carbonyl (C=O) groups is 1. The predicted octanol–water partition coefficient (Wildman–Crippen LogP) is 2.91. The molecule has 4 heteroatoms. The summed E-state index contributed by atoms with van der Waals surface area (Å²) in [4.78, 5) is 11.8. The van der Waals surface area contributed by atoms with E-state index in [1.54, 1.807) is 0 Å². The van der Waals surface area contributed by atoms with Crippen molar-refractivity contribution >= 4 is 11.6 Å². The van der Waals surface area contributed by atoms with Crippen molar-refractivity contribution in [3.05, 3.63) is 59.7 Å². The van der Waals surface area contributed by atoms with Crippen molar-refractivity contribution < 1.29 is 9.53 Å². The summed E-state index contributed by atoms with van der Waals surface area (Å²) in [6.45, 7) is 5.26. The highest BCUT2D eigenvalue weighted by Gasteiger charge is 2.04. The number of para-hydroxylation sites is 2. The summed E-state index contributed by atoms with van der Waals surface area (Å²) in [5.41, 5.74) is 3.30. The van der Waals surface area contributed by atoms with E-state index in [0.29, 0.717) is 13.2 Å². The quantitative estimate of drug-likeness (QED) is 0.773. The molecule has 2 aromatic carbocycles. The maximum Gasteiger partial charge on any atom is 0.239 e. The Labute approximate surface area is 131 Å². The van der Waals surface area contributed by atoms with Crippen LogP contribution in [0.4, 0.5) is 5.69 Å². The Bertz CT molecular complexity index is 591. The van der Waals surface area contributed by atoms with E-state index in [0.717, 1.165) is 22.6 Å². The SMILES string of the molecule is Cc1cccc(C)c1NCC(=O)NCCOc1ccccc1. The first-order valence-corrected chi connectivity index (χ1v) is 7.41. The predicted molar refractivity (Wildman–Crippen MR) is 89.4 cm³/mol. The maximum atomic E-state index is 11.8. The molecule has 0 saturated carbocycles. The molecule has 0 atom stereocenters. The highest BCUT2D eigenvalue weighted by Crippen LogP contribution is 2.18. The number of rotatable bonds is 7. The maximum absolute atomic E-state index is 11.8. The summed E-state index contributed by atoms with van der Waals surface area (Å²) in [6, 6.07) is 15.6. The molecule has 4 nitrogen and oxygen atoms in total. The van der Waals surface area contributed by atoms with E-state index >= 15 is 0 Å². The van der Waals surface area contributed by atoms with Gasteiger partial charge in [0.25, 0.3) is 0 Å². The van der Waals surface area contributed by atoms with Gasteiger partial charge in [-0.25, -0.2) is 0 Å². The number of nitrogens with one attached hydrogen (secondary N) is 2. The molecule has 0 heterocycles. The number of aryl methyl sites for hydroxylation is 2. The van der Waals surface area contributed by atoms with Gasteiger partial charge in [0.1, 0.15) is 12.4 Å². The second-order valence-electron chi connectivity index (χ2n) is 5.13. The van der Waals surface area contributed by atoms with Crippen LogP contribution in [0.2, 0.25) is 0 Å². The minimum atomic E-state index is -0.0423. The molecule has 0 aliphatic carbocycles. The first-order valence-electron chi connectivity index (χ1n) is 7.41. The highest BCUT2D eigenvalue weighted by molar-refractivity contribution is 5.81. The monoisotopic (exact) mass is 298 g/mol. The zero-order valence-corrected chi connectivity index (χ0v) is 13.1. The van der Waals surface area contributed by atoms with E-state index in [-0.39, 0.29) is 12.5 Å². The molecule has 1 amide bonds. The Morgan fingerprint density at radius 2 is 1.68 bits per heavy atom. The molecule has 0 radical (unpaired) electrons. The van der Waals surface area contributed by atoms with Gasteiger partial charge in [-0.05, 0) is 37.1 Å². The molecule has 0 unspecified atom stereocenters. The van der Waals surface area contributed by atoms with Gasteiger partial charge in [-0.15, -0.1) is 0 Å². The lowest BCUT2D eigenvalue weighted by molar-refractivity contribution is -0.119. The number of hydrogen-bond acceptors (Lipinski definition) is 3. The van der Waals surface area contributed by atoms with Gasteiger partial charge in [0.2, 0.25) is 5.91 Å². The summed E-state index contributed by atoms with van der Waals surface area (Å²) in [5.74, 6) is 0.768. The highest BCUT2D eigenvalue weighted by atomic mass is 16.5. The van der Waals surface area contributed by atoms with Crippen LogP contribution in [-0.2, 0) is 4.79 Å². The number of carbonyl (C=O) groups excluding carboxylic acids is 1. The van der Waals surface area contributed by atoms with Gasteiger partial charge < -0.3 is 15.4 Å². The lowest BCUT2D eigenvalue weighted by Crippen LogP contribution is -2.33. The third kappa shape index (κ3) is 4.81. The normalized spacial score (nSPS) is 10.1. The average molecular weight is 298 g/mol. The fraction of sp³-hybridized carbons (Fsp3) is 0.278. The van der Waals surface area contributed by atoms with Gasteiger partial charge in [0.15, 0.2) is 0 Å². The molecule has 2 aromatic rings. The van der Waals surface area contributed by atoms with Crippen LogP contribution in [0, 0.1) is 13.8 Å². The first kappa shape index (κ1) is 15.9. The van der Waals surface area contributed by atoms with E-state index in [1.165, 1.54) is 0 Å². The molecular weight excluding hydrogens is 276 g/mol. The molecule has 0 fully saturated rings. The lowest BCUT2D eigenvalue weighted by Gasteiger charge is -2.12. The van der Waals surface area contributed by atoms with E-state index in [2.05, 4.69) is 10.6 Å². The van der Waals surface area contributed by atoms with Crippen molar-refractivity contribution in [1.82, 2.24) is 5.32 Å². The molecule has 0 aliphatic heterocycles. The second-order valence-corrected chi connectivity index (χ2v) is 5.13. The zero-order chi connectivity index (χ0) is 15.8. The van der Waals surface area contributed by atoms with Crippen LogP contribution in [0.3, 0.4) is 0 Å². The molecule has 0 aromatic heterocycles. The average Bonchev–Trinajstić information content (AvgIpc) is 2.52. The minimum Gasteiger partial charge on any atom is -0.492 e. The number of benzene rings is 2. The van der Waals surface area contributed by atoms with E-state index in [9.17, 15) is 4.79 Å². The molecule has 22 heavy (non-hydrogen) atoms. The topological polar surface area (TPSA) is 50.4 Å². The molecule has 0 saturated heterocycles. The summed E-state index contributed by atoms with van der Waals surface area (Å²) in [6.07, 6.45) is 0. The number of amides is 1. The molecule has 0 aliphatic rings. The molecule has 0 bridgehead atoms. The molecule has 0 spiro atoms. The van der Waals surface area contributed by atoms with Gasteiger partial charge in [0.05, 0.1) is 13.1 Å². The van der Waals surface area contributed by atoms with Crippen LogP contribution in [-0.4, -0.2) is 25.6 Å². The fourth-order valence-electron chi connectivity index (χ4n) is 2.20. The summed E-state index contributed by atoms with van der Waals surface area (Å²) in [5, 5.41) is 6.02. The van der Waals surface area contributed by atoms with Gasteiger partial charge in [-0.1, -0.05) is 36.4 Å². The van der Waals surface area contributed by atoms with Gasteiger partial charge >= 0.3 is 0 Å². The van der Waals surface area contributed by atoms with E-state index < -0.39 is 0 Å². The second kappa shape index (κ2) is 8.08. The third-order valence-electron chi connectivity index (χ3n) is 3.34. The number of anilines is 1. The largest absolute Gasteiger partial charge is 0.492 e. The van der Waals surface area contributed by atoms with E-state index in [4.69, 9.17) is 4.74 Å². The van der Waals surface area contributed by atoms with Crippen molar-refractivity contribution in [2.75, 3.05) is 25.0 Å². The Morgan fingerprint density at radius 1 is 1.00 bits per heavy atom. The number of ether oxygens (including phenoxy) is 1. The van der Waals surface area contributed by atoms with Crippen molar-refractivity contribution in [1.29, 1.82) is 0 Å². The van der Waals surface area contributed by atoms with Crippen LogP contribution in [0.1, 0.15) is 11.1 Å². The van der Waals surface area contributed by atoms with Crippen LogP contribution in [0.25, 0.3) is 0 Å². The molecule has 116 valence electrons.